The second-order valence-corrected chi connectivity index (χ2v) is 5.56. The Morgan fingerprint density at radius 3 is 2.82 bits per heavy atom. The smallest absolute Gasteiger partial charge is 0.262 e. The molecule has 1 aromatic carbocycles. The van der Waals surface area contributed by atoms with Crippen molar-refractivity contribution in [2.75, 3.05) is 7.05 Å². The minimum atomic E-state index is -0.120. The van der Waals surface area contributed by atoms with Crippen molar-refractivity contribution >= 4 is 29.4 Å². The van der Waals surface area contributed by atoms with Gasteiger partial charge >= 0.3 is 0 Å². The van der Waals surface area contributed by atoms with Gasteiger partial charge in [-0.3, -0.25) is 4.79 Å². The molecule has 0 aliphatic rings. The van der Waals surface area contributed by atoms with Crippen LogP contribution in [0.5, 0.6) is 0 Å². The van der Waals surface area contributed by atoms with E-state index in [-0.39, 0.29) is 5.91 Å². The molecule has 2 heterocycles. The quantitative estimate of drug-likeness (QED) is 0.806. The van der Waals surface area contributed by atoms with E-state index in [9.17, 15) is 4.79 Å². The molecule has 3 aromatic rings. The summed E-state index contributed by atoms with van der Waals surface area (Å²) in [5, 5.41) is 7.83. The Morgan fingerprint density at radius 1 is 1.23 bits per heavy atom. The predicted octanol–water partition coefficient (Wildman–Crippen LogP) is 2.86. The third-order valence-corrected chi connectivity index (χ3v) is 3.96. The molecule has 3 rings (SSSR count). The second kappa shape index (κ2) is 6.36. The summed E-state index contributed by atoms with van der Waals surface area (Å²) in [7, 11) is 1.60. The maximum atomic E-state index is 11.5. The van der Waals surface area contributed by atoms with Gasteiger partial charge in [0.05, 0.1) is 17.6 Å². The number of carbonyl (C=O) groups excluding carboxylic acids is 1. The predicted molar refractivity (Wildman–Crippen MR) is 88.0 cm³/mol. The number of nitrogens with zero attached hydrogens (tertiary/aromatic N) is 3. The van der Waals surface area contributed by atoms with Crippen LogP contribution in [-0.4, -0.2) is 27.7 Å². The van der Waals surface area contributed by atoms with Crippen LogP contribution in [0.2, 0.25) is 0 Å². The van der Waals surface area contributed by atoms with E-state index in [0.29, 0.717) is 4.88 Å². The van der Waals surface area contributed by atoms with Crippen LogP contribution in [0.3, 0.4) is 0 Å². The van der Waals surface area contributed by atoms with E-state index in [2.05, 4.69) is 15.4 Å². The van der Waals surface area contributed by atoms with Gasteiger partial charge in [-0.05, 0) is 30.4 Å². The van der Waals surface area contributed by atoms with Crippen molar-refractivity contribution in [3.8, 4) is 5.69 Å². The molecule has 0 radical (unpaired) electrons. The van der Waals surface area contributed by atoms with Crippen molar-refractivity contribution < 1.29 is 4.79 Å². The average molecular weight is 310 g/mol. The number of hydrogen-bond acceptors (Lipinski definition) is 4. The van der Waals surface area contributed by atoms with Gasteiger partial charge in [-0.2, -0.15) is 5.10 Å². The standard InChI is InChI=1S/C16H14N4OS/c1-17-16(21)14-11-18-15(22-14)8-7-12-9-10-20(19-12)13-5-3-2-4-6-13/h2-11H,1H3,(H,17,21)/b8-7+. The summed E-state index contributed by atoms with van der Waals surface area (Å²) in [6.07, 6.45) is 7.22. The van der Waals surface area contributed by atoms with E-state index in [4.69, 9.17) is 0 Å². The van der Waals surface area contributed by atoms with Crippen LogP contribution >= 0.6 is 11.3 Å². The van der Waals surface area contributed by atoms with Crippen molar-refractivity contribution in [1.29, 1.82) is 0 Å². The monoisotopic (exact) mass is 310 g/mol. The summed E-state index contributed by atoms with van der Waals surface area (Å²) in [6, 6.07) is 11.8. The zero-order valence-corrected chi connectivity index (χ0v) is 12.7. The Bertz CT molecular complexity index is 804. The first kappa shape index (κ1) is 14.2. The topological polar surface area (TPSA) is 59.8 Å². The normalized spacial score (nSPS) is 11.0. The number of amides is 1. The van der Waals surface area contributed by atoms with Gasteiger partial charge < -0.3 is 5.32 Å². The molecule has 0 spiro atoms. The fourth-order valence-electron chi connectivity index (χ4n) is 1.90. The molecule has 110 valence electrons. The van der Waals surface area contributed by atoms with Gasteiger partial charge in [0.15, 0.2) is 0 Å². The van der Waals surface area contributed by atoms with Crippen molar-refractivity contribution in [3.05, 3.63) is 64.4 Å². The number of hydrogen-bond donors (Lipinski definition) is 1. The van der Waals surface area contributed by atoms with Crippen LogP contribution < -0.4 is 5.32 Å². The molecule has 0 aliphatic carbocycles. The highest BCUT2D eigenvalue weighted by Gasteiger charge is 2.06. The Kier molecular flexibility index (Phi) is 4.11. The number of rotatable bonds is 4. The molecular weight excluding hydrogens is 296 g/mol. The number of carbonyl (C=O) groups is 1. The van der Waals surface area contributed by atoms with Crippen LogP contribution in [0.4, 0.5) is 0 Å². The van der Waals surface area contributed by atoms with Gasteiger partial charge in [0.1, 0.15) is 9.88 Å². The molecule has 0 fully saturated rings. The summed E-state index contributed by atoms with van der Waals surface area (Å²) in [4.78, 5) is 16.3. The van der Waals surface area contributed by atoms with Crippen molar-refractivity contribution in [2.24, 2.45) is 0 Å². The van der Waals surface area contributed by atoms with Crippen LogP contribution in [0, 0.1) is 0 Å². The number of nitrogens with one attached hydrogen (secondary N) is 1. The van der Waals surface area contributed by atoms with Gasteiger partial charge in [0.2, 0.25) is 0 Å². The van der Waals surface area contributed by atoms with Crippen LogP contribution in [0.25, 0.3) is 17.8 Å². The fraction of sp³-hybridized carbons (Fsp3) is 0.0625. The first-order valence-corrected chi connectivity index (χ1v) is 7.55. The van der Waals surface area contributed by atoms with Crippen molar-refractivity contribution in [2.45, 2.75) is 0 Å². The highest BCUT2D eigenvalue weighted by atomic mass is 32.1. The molecule has 0 saturated carbocycles. The van der Waals surface area contributed by atoms with Crippen molar-refractivity contribution in [1.82, 2.24) is 20.1 Å². The lowest BCUT2D eigenvalue weighted by Crippen LogP contribution is -2.16. The van der Waals surface area contributed by atoms with Gasteiger partial charge in [0.25, 0.3) is 5.91 Å². The Labute approximate surface area is 131 Å². The third-order valence-electron chi connectivity index (χ3n) is 3.00. The van der Waals surface area contributed by atoms with E-state index < -0.39 is 0 Å². The zero-order valence-electron chi connectivity index (χ0n) is 11.9. The second-order valence-electron chi connectivity index (χ2n) is 4.50. The molecule has 22 heavy (non-hydrogen) atoms. The van der Waals surface area contributed by atoms with E-state index >= 15 is 0 Å². The minimum absolute atomic E-state index is 0.120. The molecule has 2 aromatic heterocycles. The van der Waals surface area contributed by atoms with E-state index in [0.717, 1.165) is 16.4 Å². The van der Waals surface area contributed by atoms with Crippen LogP contribution in [0.15, 0.2) is 48.8 Å². The fourth-order valence-corrected chi connectivity index (χ4v) is 2.67. The van der Waals surface area contributed by atoms with Gasteiger partial charge in [-0.1, -0.05) is 18.2 Å². The molecule has 0 atom stereocenters. The zero-order chi connectivity index (χ0) is 15.4. The first-order valence-electron chi connectivity index (χ1n) is 6.73. The molecule has 1 N–H and O–H groups in total. The lowest BCUT2D eigenvalue weighted by atomic mass is 10.3. The first-order chi connectivity index (χ1) is 10.8. The summed E-state index contributed by atoms with van der Waals surface area (Å²) in [6.45, 7) is 0. The highest BCUT2D eigenvalue weighted by Crippen LogP contribution is 2.16. The van der Waals surface area contributed by atoms with E-state index in [1.165, 1.54) is 11.3 Å². The number of para-hydroxylation sites is 1. The third kappa shape index (κ3) is 3.12. The Morgan fingerprint density at radius 2 is 2.05 bits per heavy atom. The largest absolute Gasteiger partial charge is 0.354 e. The molecule has 1 amide bonds. The molecule has 5 nitrogen and oxygen atoms in total. The lowest BCUT2D eigenvalue weighted by Gasteiger charge is -1.98. The number of thiazole rings is 1. The number of aromatic nitrogens is 3. The maximum Gasteiger partial charge on any atom is 0.262 e. The van der Waals surface area contributed by atoms with Gasteiger partial charge in [0, 0.05) is 13.2 Å². The Hall–Kier alpha value is -2.73. The SMILES string of the molecule is CNC(=O)c1cnc(/C=C/c2ccn(-c3ccccc3)n2)s1. The van der Waals surface area contributed by atoms with Gasteiger partial charge in [-0.15, -0.1) is 11.3 Å². The number of benzene rings is 1. The van der Waals surface area contributed by atoms with E-state index in [1.807, 2.05) is 59.4 Å². The summed E-state index contributed by atoms with van der Waals surface area (Å²) >= 11 is 1.34. The molecule has 0 saturated heterocycles. The summed E-state index contributed by atoms with van der Waals surface area (Å²) in [5.41, 5.74) is 1.85. The minimum Gasteiger partial charge on any atom is -0.354 e. The molecule has 0 bridgehead atoms. The van der Waals surface area contributed by atoms with E-state index in [1.54, 1.807) is 13.2 Å². The lowest BCUT2D eigenvalue weighted by molar-refractivity contribution is 0.0967. The van der Waals surface area contributed by atoms with Crippen molar-refractivity contribution in [3.63, 3.8) is 0 Å². The van der Waals surface area contributed by atoms with Gasteiger partial charge in [-0.25, -0.2) is 9.67 Å². The highest BCUT2D eigenvalue weighted by molar-refractivity contribution is 7.14. The van der Waals surface area contributed by atoms with Crippen LogP contribution in [-0.2, 0) is 0 Å². The Balaban J connectivity index is 1.75. The molecular formula is C16H14N4OS. The maximum absolute atomic E-state index is 11.5. The molecule has 6 heteroatoms. The molecule has 0 aliphatic heterocycles. The summed E-state index contributed by atoms with van der Waals surface area (Å²) < 4.78 is 1.82. The van der Waals surface area contributed by atoms with Crippen LogP contribution in [0.1, 0.15) is 20.4 Å². The average Bonchev–Trinajstić information content (AvgIpc) is 3.22. The molecule has 0 unspecified atom stereocenters. The summed E-state index contributed by atoms with van der Waals surface area (Å²) in [5.74, 6) is -0.120.